The second-order valence-electron chi connectivity index (χ2n) is 4.43. The minimum atomic E-state index is 0.652. The molecule has 0 aromatic heterocycles. The molecule has 0 aromatic rings. The van der Waals surface area contributed by atoms with E-state index in [0.717, 1.165) is 6.04 Å². The third-order valence-electron chi connectivity index (χ3n) is 3.97. The first-order chi connectivity index (χ1) is 5.25. The van der Waals surface area contributed by atoms with E-state index in [1.807, 2.05) is 0 Å². The molecule has 64 valence electrons. The zero-order valence-electron chi connectivity index (χ0n) is 7.77. The van der Waals surface area contributed by atoms with Crippen molar-refractivity contribution < 1.29 is 0 Å². The van der Waals surface area contributed by atoms with Crippen LogP contribution in [0.1, 0.15) is 45.4 Å². The van der Waals surface area contributed by atoms with Gasteiger partial charge in [0, 0.05) is 11.6 Å². The minimum Gasteiger partial charge on any atom is -0.298 e. The number of likely N-dealkylation sites (tertiary alicyclic amines) is 1. The molecular weight excluding hydrogens is 134 g/mol. The molecule has 0 aromatic carbocycles. The second kappa shape index (κ2) is 2.48. The smallest absolute Gasteiger partial charge is 0.0210 e. The van der Waals surface area contributed by atoms with Gasteiger partial charge in [-0.05, 0) is 39.7 Å². The molecule has 1 aliphatic heterocycles. The van der Waals surface area contributed by atoms with Crippen molar-refractivity contribution in [1.29, 1.82) is 0 Å². The van der Waals surface area contributed by atoms with E-state index in [0.29, 0.717) is 5.54 Å². The predicted octanol–water partition coefficient (Wildman–Crippen LogP) is 2.41. The molecule has 1 nitrogen and oxygen atoms in total. The van der Waals surface area contributed by atoms with E-state index in [1.54, 1.807) is 0 Å². The Bertz CT molecular complexity index is 147. The van der Waals surface area contributed by atoms with Gasteiger partial charge in [-0.3, -0.25) is 4.90 Å². The molecule has 1 aliphatic carbocycles. The van der Waals surface area contributed by atoms with Crippen molar-refractivity contribution in [3.63, 3.8) is 0 Å². The Hall–Kier alpha value is -0.0400. The van der Waals surface area contributed by atoms with Gasteiger partial charge in [0.05, 0.1) is 0 Å². The third-order valence-corrected chi connectivity index (χ3v) is 3.97. The normalized spacial score (nSPS) is 37.1. The van der Waals surface area contributed by atoms with Crippen LogP contribution in [0.5, 0.6) is 0 Å². The molecule has 1 saturated heterocycles. The number of nitrogens with zero attached hydrogens (tertiary/aromatic N) is 1. The zero-order valence-corrected chi connectivity index (χ0v) is 7.77. The van der Waals surface area contributed by atoms with Gasteiger partial charge in [-0.1, -0.05) is 12.8 Å². The van der Waals surface area contributed by atoms with Gasteiger partial charge in [0.2, 0.25) is 0 Å². The lowest BCUT2D eigenvalue weighted by atomic mass is 9.95. The molecule has 1 saturated carbocycles. The standard InChI is InChI=1S/C10H19N/c1-9-5-8-10(11(9)2)6-3-4-7-10/h9H,3-8H2,1-2H3. The van der Waals surface area contributed by atoms with Crippen LogP contribution in [0.2, 0.25) is 0 Å². The monoisotopic (exact) mass is 153 g/mol. The Morgan fingerprint density at radius 2 is 1.82 bits per heavy atom. The maximum Gasteiger partial charge on any atom is 0.0210 e. The van der Waals surface area contributed by atoms with E-state index >= 15 is 0 Å². The van der Waals surface area contributed by atoms with Crippen LogP contribution in [-0.4, -0.2) is 23.5 Å². The Morgan fingerprint density at radius 1 is 1.18 bits per heavy atom. The summed E-state index contributed by atoms with van der Waals surface area (Å²) in [5, 5.41) is 0. The van der Waals surface area contributed by atoms with E-state index in [1.165, 1.54) is 38.5 Å². The van der Waals surface area contributed by atoms with Gasteiger partial charge in [0.25, 0.3) is 0 Å². The van der Waals surface area contributed by atoms with Gasteiger partial charge in [-0.25, -0.2) is 0 Å². The summed E-state index contributed by atoms with van der Waals surface area (Å²) in [6.07, 6.45) is 8.76. The molecule has 0 N–H and O–H groups in total. The lowest BCUT2D eigenvalue weighted by Crippen LogP contribution is -2.41. The Balaban J connectivity index is 2.13. The predicted molar refractivity (Wildman–Crippen MR) is 47.7 cm³/mol. The zero-order chi connectivity index (χ0) is 7.90. The highest BCUT2D eigenvalue weighted by atomic mass is 15.2. The first-order valence-corrected chi connectivity index (χ1v) is 4.98. The molecule has 1 atom stereocenters. The van der Waals surface area contributed by atoms with E-state index in [9.17, 15) is 0 Å². The molecule has 11 heavy (non-hydrogen) atoms. The Kier molecular flexibility index (Phi) is 1.71. The van der Waals surface area contributed by atoms with Crippen LogP contribution in [0.3, 0.4) is 0 Å². The fourth-order valence-electron chi connectivity index (χ4n) is 2.95. The first-order valence-electron chi connectivity index (χ1n) is 4.98. The lowest BCUT2D eigenvalue weighted by molar-refractivity contribution is 0.146. The van der Waals surface area contributed by atoms with Crippen LogP contribution in [0.25, 0.3) is 0 Å². The van der Waals surface area contributed by atoms with Crippen molar-refractivity contribution in [3.8, 4) is 0 Å². The summed E-state index contributed by atoms with van der Waals surface area (Å²) in [7, 11) is 2.32. The molecule has 1 heteroatoms. The van der Waals surface area contributed by atoms with Crippen LogP contribution in [0.15, 0.2) is 0 Å². The summed E-state index contributed by atoms with van der Waals surface area (Å²) in [6.45, 7) is 2.37. The van der Waals surface area contributed by atoms with Crippen LogP contribution in [0.4, 0.5) is 0 Å². The van der Waals surface area contributed by atoms with Crippen LogP contribution in [-0.2, 0) is 0 Å². The van der Waals surface area contributed by atoms with Gasteiger partial charge < -0.3 is 0 Å². The highest BCUT2D eigenvalue weighted by Gasteiger charge is 2.43. The quantitative estimate of drug-likeness (QED) is 0.516. The van der Waals surface area contributed by atoms with E-state index in [-0.39, 0.29) is 0 Å². The van der Waals surface area contributed by atoms with Gasteiger partial charge >= 0.3 is 0 Å². The first kappa shape index (κ1) is 7.60. The third kappa shape index (κ3) is 1.01. The molecule has 2 aliphatic rings. The molecule has 1 spiro atoms. The van der Waals surface area contributed by atoms with Crippen molar-refractivity contribution in [1.82, 2.24) is 4.90 Å². The van der Waals surface area contributed by atoms with Crippen molar-refractivity contribution in [2.75, 3.05) is 7.05 Å². The number of rotatable bonds is 0. The molecule has 1 unspecified atom stereocenters. The lowest BCUT2D eigenvalue weighted by Gasteiger charge is -2.34. The van der Waals surface area contributed by atoms with Crippen molar-refractivity contribution >= 4 is 0 Å². The topological polar surface area (TPSA) is 3.24 Å². The van der Waals surface area contributed by atoms with E-state index in [2.05, 4.69) is 18.9 Å². The Morgan fingerprint density at radius 3 is 2.27 bits per heavy atom. The largest absolute Gasteiger partial charge is 0.298 e. The summed E-state index contributed by atoms with van der Waals surface area (Å²) in [4.78, 5) is 2.64. The highest BCUT2D eigenvalue weighted by Crippen LogP contribution is 2.44. The van der Waals surface area contributed by atoms with Gasteiger partial charge in [-0.2, -0.15) is 0 Å². The minimum absolute atomic E-state index is 0.652. The molecular formula is C10H19N. The summed E-state index contributed by atoms with van der Waals surface area (Å²) in [5.74, 6) is 0. The fourth-order valence-corrected chi connectivity index (χ4v) is 2.95. The van der Waals surface area contributed by atoms with Crippen LogP contribution < -0.4 is 0 Å². The van der Waals surface area contributed by atoms with E-state index in [4.69, 9.17) is 0 Å². The average molecular weight is 153 g/mol. The van der Waals surface area contributed by atoms with E-state index < -0.39 is 0 Å². The van der Waals surface area contributed by atoms with Crippen LogP contribution in [0, 0.1) is 0 Å². The van der Waals surface area contributed by atoms with Crippen molar-refractivity contribution in [3.05, 3.63) is 0 Å². The fraction of sp³-hybridized carbons (Fsp3) is 1.00. The van der Waals surface area contributed by atoms with Crippen LogP contribution >= 0.6 is 0 Å². The molecule has 0 bridgehead atoms. The maximum absolute atomic E-state index is 2.64. The van der Waals surface area contributed by atoms with Gasteiger partial charge in [0.1, 0.15) is 0 Å². The summed E-state index contributed by atoms with van der Waals surface area (Å²) < 4.78 is 0. The van der Waals surface area contributed by atoms with Gasteiger partial charge in [-0.15, -0.1) is 0 Å². The average Bonchev–Trinajstić information content (AvgIpc) is 2.56. The van der Waals surface area contributed by atoms with Crippen molar-refractivity contribution in [2.24, 2.45) is 0 Å². The summed E-state index contributed by atoms with van der Waals surface area (Å²) in [5.41, 5.74) is 0.652. The van der Waals surface area contributed by atoms with Gasteiger partial charge in [0.15, 0.2) is 0 Å². The number of hydrogen-bond acceptors (Lipinski definition) is 1. The maximum atomic E-state index is 2.64. The summed E-state index contributed by atoms with van der Waals surface area (Å²) >= 11 is 0. The summed E-state index contributed by atoms with van der Waals surface area (Å²) in [6, 6.07) is 0.841. The SMILES string of the molecule is CC1CCC2(CCCC2)N1C. The molecule has 0 radical (unpaired) electrons. The highest BCUT2D eigenvalue weighted by molar-refractivity contribution is 5.00. The van der Waals surface area contributed by atoms with Crippen molar-refractivity contribution in [2.45, 2.75) is 57.0 Å². The number of hydrogen-bond donors (Lipinski definition) is 0. The Labute approximate surface area is 69.8 Å². The molecule has 2 rings (SSSR count). The molecule has 1 heterocycles. The second-order valence-corrected chi connectivity index (χ2v) is 4.43. The molecule has 0 amide bonds. The molecule has 2 fully saturated rings.